The van der Waals surface area contributed by atoms with Gasteiger partial charge in [0, 0.05) is 11.1 Å². The van der Waals surface area contributed by atoms with E-state index in [0.717, 1.165) is 27.8 Å². The zero-order valence-electron chi connectivity index (χ0n) is 14.5. The number of halogens is 1. The van der Waals surface area contributed by atoms with Gasteiger partial charge in [-0.2, -0.15) is 0 Å². The molecule has 0 spiro atoms. The molecule has 0 aliphatic heterocycles. The van der Waals surface area contributed by atoms with Crippen LogP contribution in [-0.2, 0) is 0 Å². The van der Waals surface area contributed by atoms with E-state index in [1.54, 1.807) is 12.1 Å². The Bertz CT molecular complexity index is 1090. The van der Waals surface area contributed by atoms with E-state index >= 15 is 0 Å². The third-order valence-corrected chi connectivity index (χ3v) is 4.79. The maximum Gasteiger partial charge on any atom is 0.175 e. The van der Waals surface area contributed by atoms with Crippen LogP contribution in [0.25, 0.3) is 33.7 Å². The highest BCUT2D eigenvalue weighted by Gasteiger charge is 2.23. The van der Waals surface area contributed by atoms with Gasteiger partial charge in [0.05, 0.1) is 10.6 Å². The van der Waals surface area contributed by atoms with Gasteiger partial charge in [-0.05, 0) is 48.4 Å². The van der Waals surface area contributed by atoms with Crippen LogP contribution in [0.15, 0.2) is 77.3 Å². The molecule has 0 radical (unpaired) electrons. The molecular formula is C22H16ClNO3. The zero-order valence-corrected chi connectivity index (χ0v) is 15.3. The summed E-state index contributed by atoms with van der Waals surface area (Å²) in [7, 11) is 0. The molecule has 0 bridgehead atoms. The average Bonchev–Trinajstić information content (AvgIpc) is 3.13. The Hall–Kier alpha value is -3.08. The van der Waals surface area contributed by atoms with Gasteiger partial charge in [0.2, 0.25) is 0 Å². The second-order valence-electron chi connectivity index (χ2n) is 6.15. The van der Waals surface area contributed by atoms with Crippen LogP contribution in [0.5, 0.6) is 5.75 Å². The average molecular weight is 378 g/mol. The molecule has 4 aromatic rings. The maximum atomic E-state index is 8.80. The first kappa shape index (κ1) is 17.3. The Morgan fingerprint density at radius 1 is 0.889 bits per heavy atom. The predicted octanol–water partition coefficient (Wildman–Crippen LogP) is 6.49. The van der Waals surface area contributed by atoms with Gasteiger partial charge in [-0.15, -0.1) is 0 Å². The lowest BCUT2D eigenvalue weighted by molar-refractivity contribution is -0.137. The smallest absolute Gasteiger partial charge is 0.175 e. The van der Waals surface area contributed by atoms with Crippen LogP contribution >= 0.6 is 11.6 Å². The normalized spacial score (nSPS) is 10.8. The van der Waals surface area contributed by atoms with Crippen molar-refractivity contribution in [1.82, 2.24) is 5.16 Å². The van der Waals surface area contributed by atoms with E-state index in [4.69, 9.17) is 21.4 Å². The number of hydrogen-bond donors (Lipinski definition) is 1. The highest BCUT2D eigenvalue weighted by molar-refractivity contribution is 6.33. The van der Waals surface area contributed by atoms with Crippen molar-refractivity contribution in [3.05, 3.63) is 83.4 Å². The summed E-state index contributed by atoms with van der Waals surface area (Å²) in [6.45, 7) is 2.05. The van der Waals surface area contributed by atoms with Crippen molar-refractivity contribution in [2.45, 2.75) is 6.92 Å². The summed E-state index contributed by atoms with van der Waals surface area (Å²) in [5.74, 6) is 0.978. The van der Waals surface area contributed by atoms with E-state index in [0.29, 0.717) is 22.2 Å². The van der Waals surface area contributed by atoms with Crippen molar-refractivity contribution in [2.75, 3.05) is 0 Å². The molecule has 0 saturated heterocycles. The van der Waals surface area contributed by atoms with E-state index in [-0.39, 0.29) is 0 Å². The lowest BCUT2D eigenvalue weighted by atomic mass is 9.93. The highest BCUT2D eigenvalue weighted by Crippen LogP contribution is 2.43. The van der Waals surface area contributed by atoms with Crippen LogP contribution in [0.3, 0.4) is 0 Å². The minimum absolute atomic E-state index is 0.349. The Balaban J connectivity index is 1.98. The van der Waals surface area contributed by atoms with Crippen LogP contribution in [0.2, 0.25) is 5.02 Å². The molecule has 4 nitrogen and oxygen atoms in total. The molecule has 5 heteroatoms. The van der Waals surface area contributed by atoms with E-state index in [9.17, 15) is 0 Å². The minimum atomic E-state index is 0.349. The fourth-order valence-electron chi connectivity index (χ4n) is 3.09. The molecule has 1 heterocycles. The van der Waals surface area contributed by atoms with Gasteiger partial charge in [0.25, 0.3) is 0 Å². The van der Waals surface area contributed by atoms with Crippen LogP contribution < -0.4 is 4.89 Å². The predicted molar refractivity (Wildman–Crippen MR) is 106 cm³/mol. The number of benzene rings is 3. The van der Waals surface area contributed by atoms with Gasteiger partial charge in [0.15, 0.2) is 11.5 Å². The fourth-order valence-corrected chi connectivity index (χ4v) is 3.32. The minimum Gasteiger partial charge on any atom is -0.355 e. The maximum absolute atomic E-state index is 8.80. The van der Waals surface area contributed by atoms with Gasteiger partial charge in [-0.25, -0.2) is 5.26 Å². The topological polar surface area (TPSA) is 55.5 Å². The van der Waals surface area contributed by atoms with E-state index in [2.05, 4.69) is 10.0 Å². The largest absolute Gasteiger partial charge is 0.355 e. The molecule has 27 heavy (non-hydrogen) atoms. The molecule has 1 aromatic heterocycles. The van der Waals surface area contributed by atoms with Crippen molar-refractivity contribution in [3.8, 4) is 39.5 Å². The lowest BCUT2D eigenvalue weighted by Crippen LogP contribution is -1.89. The Morgan fingerprint density at radius 2 is 1.56 bits per heavy atom. The first-order valence-electron chi connectivity index (χ1n) is 8.41. The molecule has 3 aromatic carbocycles. The van der Waals surface area contributed by atoms with Crippen LogP contribution in [0, 0.1) is 6.92 Å². The van der Waals surface area contributed by atoms with Gasteiger partial charge >= 0.3 is 0 Å². The molecule has 0 saturated carbocycles. The summed E-state index contributed by atoms with van der Waals surface area (Å²) < 4.78 is 5.76. The zero-order chi connectivity index (χ0) is 18.8. The molecule has 0 amide bonds. The van der Waals surface area contributed by atoms with Crippen molar-refractivity contribution in [2.24, 2.45) is 0 Å². The van der Waals surface area contributed by atoms with Crippen LogP contribution in [0.1, 0.15) is 5.56 Å². The molecule has 1 N–H and O–H groups in total. The first-order chi connectivity index (χ1) is 13.2. The molecular weight excluding hydrogens is 362 g/mol. The Labute approximate surface area is 161 Å². The second kappa shape index (κ2) is 7.27. The number of nitrogens with zero attached hydrogens (tertiary/aromatic N) is 1. The van der Waals surface area contributed by atoms with Crippen molar-refractivity contribution >= 4 is 11.6 Å². The standard InChI is InChI=1S/C22H16ClNO3/c1-14-6-2-3-7-17(14)20-21(18-8-4-5-9-19(18)23)24-26-22(20)15-10-12-16(27-25)13-11-15/h2-13,25H,1H3. The fraction of sp³-hybridized carbons (Fsp3) is 0.0455. The summed E-state index contributed by atoms with van der Waals surface area (Å²) in [5.41, 5.74) is 5.31. The van der Waals surface area contributed by atoms with Crippen molar-refractivity contribution in [1.29, 1.82) is 0 Å². The number of aryl methyl sites for hydroxylation is 1. The summed E-state index contributed by atoms with van der Waals surface area (Å²) >= 11 is 6.43. The quantitative estimate of drug-likeness (QED) is 0.326. The van der Waals surface area contributed by atoms with Gasteiger partial charge in [0.1, 0.15) is 5.69 Å². The molecule has 0 fully saturated rings. The molecule has 0 unspecified atom stereocenters. The lowest BCUT2D eigenvalue weighted by Gasteiger charge is -2.09. The molecule has 4 rings (SSSR count). The van der Waals surface area contributed by atoms with E-state index in [1.807, 2.05) is 67.6 Å². The Kier molecular flexibility index (Phi) is 4.67. The SMILES string of the molecule is Cc1ccccc1-c1c(-c2ccccc2Cl)noc1-c1ccc(OO)cc1. The molecule has 0 aliphatic carbocycles. The van der Waals surface area contributed by atoms with Crippen LogP contribution in [-0.4, -0.2) is 10.4 Å². The first-order valence-corrected chi connectivity index (χ1v) is 8.79. The summed E-state index contributed by atoms with van der Waals surface area (Å²) in [5, 5.41) is 13.8. The van der Waals surface area contributed by atoms with E-state index in [1.165, 1.54) is 0 Å². The van der Waals surface area contributed by atoms with E-state index < -0.39 is 0 Å². The van der Waals surface area contributed by atoms with Gasteiger partial charge < -0.3 is 9.41 Å². The van der Waals surface area contributed by atoms with Crippen molar-refractivity contribution in [3.63, 3.8) is 0 Å². The summed E-state index contributed by atoms with van der Waals surface area (Å²) in [6, 6.07) is 22.6. The van der Waals surface area contributed by atoms with Crippen LogP contribution in [0.4, 0.5) is 0 Å². The molecule has 0 aliphatic rings. The number of rotatable bonds is 4. The summed E-state index contributed by atoms with van der Waals surface area (Å²) in [6.07, 6.45) is 0. The molecule has 134 valence electrons. The highest BCUT2D eigenvalue weighted by atomic mass is 35.5. The Morgan fingerprint density at radius 3 is 2.22 bits per heavy atom. The number of hydrogen-bond acceptors (Lipinski definition) is 4. The van der Waals surface area contributed by atoms with Gasteiger partial charge in [-0.3, -0.25) is 0 Å². The summed E-state index contributed by atoms with van der Waals surface area (Å²) in [4.78, 5) is 4.27. The third-order valence-electron chi connectivity index (χ3n) is 4.46. The van der Waals surface area contributed by atoms with Gasteiger partial charge in [-0.1, -0.05) is 59.2 Å². The third kappa shape index (κ3) is 3.21. The second-order valence-corrected chi connectivity index (χ2v) is 6.55. The monoisotopic (exact) mass is 377 g/mol. The number of aromatic nitrogens is 1. The van der Waals surface area contributed by atoms with Crippen molar-refractivity contribution < 1.29 is 14.7 Å². The molecule has 0 atom stereocenters.